The van der Waals surface area contributed by atoms with Gasteiger partial charge in [0.15, 0.2) is 0 Å². The van der Waals surface area contributed by atoms with Gasteiger partial charge in [0, 0.05) is 6.54 Å². The van der Waals surface area contributed by atoms with Gasteiger partial charge in [-0.2, -0.15) is 0 Å². The van der Waals surface area contributed by atoms with E-state index in [1.165, 1.54) is 0 Å². The molecule has 0 rings (SSSR count). The lowest BCUT2D eigenvalue weighted by Gasteiger charge is -2.05. The summed E-state index contributed by atoms with van der Waals surface area (Å²) in [5.74, 6) is -0.129. The average molecular weight is 231 g/mol. The van der Waals surface area contributed by atoms with Crippen LogP contribution in [-0.2, 0) is 9.53 Å². The molecule has 0 spiro atoms. The Morgan fingerprint density at radius 3 is 2.38 bits per heavy atom. The van der Waals surface area contributed by atoms with Crippen molar-refractivity contribution in [2.75, 3.05) is 39.3 Å². The van der Waals surface area contributed by atoms with Gasteiger partial charge in [-0.15, -0.1) is 0 Å². The fourth-order valence-corrected chi connectivity index (χ4v) is 1.24. The van der Waals surface area contributed by atoms with Gasteiger partial charge in [-0.25, -0.2) is 0 Å². The summed E-state index contributed by atoms with van der Waals surface area (Å²) in [6, 6.07) is 0. The molecule has 0 saturated carbocycles. The fraction of sp³-hybridized carbons (Fsp3) is 0.909. The molecule has 96 valence electrons. The number of nitrogens with two attached hydrogens (primary N) is 1. The molecule has 5 nitrogen and oxygen atoms in total. The van der Waals surface area contributed by atoms with Crippen molar-refractivity contribution in [3.05, 3.63) is 0 Å². The van der Waals surface area contributed by atoms with Crippen molar-refractivity contribution in [3.8, 4) is 0 Å². The van der Waals surface area contributed by atoms with E-state index in [2.05, 4.69) is 10.6 Å². The highest BCUT2D eigenvalue weighted by molar-refractivity contribution is 5.69. The molecule has 0 aliphatic carbocycles. The van der Waals surface area contributed by atoms with Gasteiger partial charge in [-0.05, 0) is 45.9 Å². The van der Waals surface area contributed by atoms with Crippen molar-refractivity contribution in [2.45, 2.75) is 26.2 Å². The van der Waals surface area contributed by atoms with Crippen LogP contribution in [0.15, 0.2) is 0 Å². The lowest BCUT2D eigenvalue weighted by molar-refractivity contribution is -0.142. The van der Waals surface area contributed by atoms with Crippen molar-refractivity contribution >= 4 is 5.97 Å². The van der Waals surface area contributed by atoms with Crippen molar-refractivity contribution in [1.82, 2.24) is 10.6 Å². The summed E-state index contributed by atoms with van der Waals surface area (Å²) in [6.07, 6.45) is 2.54. The van der Waals surface area contributed by atoms with Crippen LogP contribution >= 0.6 is 0 Å². The molecule has 0 unspecified atom stereocenters. The molecule has 4 N–H and O–H groups in total. The quantitative estimate of drug-likeness (QED) is 0.341. The molecule has 5 heteroatoms. The van der Waals surface area contributed by atoms with E-state index >= 15 is 0 Å². The van der Waals surface area contributed by atoms with Crippen LogP contribution in [0.1, 0.15) is 26.2 Å². The molecule has 0 aromatic carbocycles. The monoisotopic (exact) mass is 231 g/mol. The summed E-state index contributed by atoms with van der Waals surface area (Å²) in [4.78, 5) is 11.0. The Hall–Kier alpha value is -0.650. The number of hydrogen-bond acceptors (Lipinski definition) is 5. The Bertz CT molecular complexity index is 165. The van der Waals surface area contributed by atoms with Gasteiger partial charge in [-0.1, -0.05) is 0 Å². The zero-order chi connectivity index (χ0) is 12.1. The Morgan fingerprint density at radius 1 is 1.12 bits per heavy atom. The number of ether oxygens (including phenoxy) is 1. The number of hydrogen-bond donors (Lipinski definition) is 3. The number of carbonyl (C=O) groups is 1. The van der Waals surface area contributed by atoms with E-state index in [-0.39, 0.29) is 5.97 Å². The van der Waals surface area contributed by atoms with Gasteiger partial charge < -0.3 is 21.1 Å². The predicted octanol–water partition coefficient (Wildman–Crippen LogP) is -0.142. The van der Waals surface area contributed by atoms with Crippen LogP contribution < -0.4 is 16.4 Å². The maximum atomic E-state index is 11.0. The minimum atomic E-state index is -0.129. The molecule has 0 aliphatic rings. The molecule has 0 aromatic rings. The third-order valence-corrected chi connectivity index (χ3v) is 2.08. The minimum Gasteiger partial charge on any atom is -0.466 e. The SMILES string of the molecule is CCOC(=O)CCNCCCNCCCN. The Labute approximate surface area is 98.1 Å². The molecule has 16 heavy (non-hydrogen) atoms. The summed E-state index contributed by atoms with van der Waals surface area (Å²) in [7, 11) is 0. The van der Waals surface area contributed by atoms with Crippen LogP contribution in [0.3, 0.4) is 0 Å². The van der Waals surface area contributed by atoms with Crippen LogP contribution in [-0.4, -0.2) is 45.3 Å². The molecule has 0 saturated heterocycles. The molecular weight excluding hydrogens is 206 g/mol. The van der Waals surface area contributed by atoms with Crippen molar-refractivity contribution in [3.63, 3.8) is 0 Å². The third-order valence-electron chi connectivity index (χ3n) is 2.08. The van der Waals surface area contributed by atoms with E-state index in [1.807, 2.05) is 6.92 Å². The van der Waals surface area contributed by atoms with E-state index in [4.69, 9.17) is 10.5 Å². The van der Waals surface area contributed by atoms with Crippen molar-refractivity contribution < 1.29 is 9.53 Å². The highest BCUT2D eigenvalue weighted by Gasteiger charge is 1.99. The lowest BCUT2D eigenvalue weighted by atomic mass is 10.3. The number of esters is 1. The standard InChI is InChI=1S/C11H25N3O2/c1-2-16-11(15)5-10-14-9-4-8-13-7-3-6-12/h13-14H,2-10,12H2,1H3. The first-order valence-electron chi connectivity index (χ1n) is 6.08. The van der Waals surface area contributed by atoms with Crippen LogP contribution in [0.2, 0.25) is 0 Å². The molecule has 0 aliphatic heterocycles. The molecule has 0 radical (unpaired) electrons. The molecule has 0 bridgehead atoms. The number of rotatable bonds is 11. The van der Waals surface area contributed by atoms with Crippen LogP contribution in [0.4, 0.5) is 0 Å². The van der Waals surface area contributed by atoms with E-state index < -0.39 is 0 Å². The highest BCUT2D eigenvalue weighted by Crippen LogP contribution is 1.84. The van der Waals surface area contributed by atoms with Gasteiger partial charge in [0.2, 0.25) is 0 Å². The second kappa shape index (κ2) is 12.4. The third kappa shape index (κ3) is 11.4. The summed E-state index contributed by atoms with van der Waals surface area (Å²) in [5, 5.41) is 6.49. The Morgan fingerprint density at radius 2 is 1.75 bits per heavy atom. The first kappa shape index (κ1) is 15.3. The first-order valence-corrected chi connectivity index (χ1v) is 6.08. The van der Waals surface area contributed by atoms with E-state index in [0.29, 0.717) is 19.6 Å². The van der Waals surface area contributed by atoms with Gasteiger partial charge >= 0.3 is 5.97 Å². The zero-order valence-electron chi connectivity index (χ0n) is 10.3. The van der Waals surface area contributed by atoms with Crippen LogP contribution in [0, 0.1) is 0 Å². The molecular formula is C11H25N3O2. The van der Waals surface area contributed by atoms with E-state index in [0.717, 1.165) is 39.0 Å². The molecule has 0 atom stereocenters. The maximum absolute atomic E-state index is 11.0. The van der Waals surface area contributed by atoms with E-state index in [1.54, 1.807) is 0 Å². The topological polar surface area (TPSA) is 76.4 Å². The summed E-state index contributed by atoms with van der Waals surface area (Å²) in [5.41, 5.74) is 5.37. The summed E-state index contributed by atoms with van der Waals surface area (Å²) in [6.45, 7) is 6.62. The second-order valence-corrected chi connectivity index (χ2v) is 3.55. The summed E-state index contributed by atoms with van der Waals surface area (Å²) >= 11 is 0. The van der Waals surface area contributed by atoms with Crippen molar-refractivity contribution in [2.24, 2.45) is 5.73 Å². The van der Waals surface area contributed by atoms with Gasteiger partial charge in [0.1, 0.15) is 0 Å². The molecule has 0 fully saturated rings. The largest absolute Gasteiger partial charge is 0.466 e. The molecule has 0 heterocycles. The zero-order valence-corrected chi connectivity index (χ0v) is 10.3. The van der Waals surface area contributed by atoms with Crippen LogP contribution in [0.25, 0.3) is 0 Å². The molecule has 0 amide bonds. The van der Waals surface area contributed by atoms with Crippen molar-refractivity contribution in [1.29, 1.82) is 0 Å². The Kier molecular flexibility index (Phi) is 11.9. The van der Waals surface area contributed by atoms with Gasteiger partial charge in [-0.3, -0.25) is 4.79 Å². The minimum absolute atomic E-state index is 0.129. The Balaban J connectivity index is 3.01. The van der Waals surface area contributed by atoms with E-state index in [9.17, 15) is 4.79 Å². The highest BCUT2D eigenvalue weighted by atomic mass is 16.5. The predicted molar refractivity (Wildman–Crippen MR) is 65.3 cm³/mol. The first-order chi connectivity index (χ1) is 7.81. The van der Waals surface area contributed by atoms with Crippen LogP contribution in [0.5, 0.6) is 0 Å². The fourth-order valence-electron chi connectivity index (χ4n) is 1.24. The lowest BCUT2D eigenvalue weighted by Crippen LogP contribution is -2.25. The smallest absolute Gasteiger partial charge is 0.307 e. The average Bonchev–Trinajstić information content (AvgIpc) is 2.27. The number of carbonyl (C=O) groups excluding carboxylic acids is 1. The maximum Gasteiger partial charge on any atom is 0.307 e. The number of nitrogens with one attached hydrogen (secondary N) is 2. The molecule has 0 aromatic heterocycles. The summed E-state index contributed by atoms with van der Waals surface area (Å²) < 4.78 is 4.81. The van der Waals surface area contributed by atoms with Gasteiger partial charge in [0.25, 0.3) is 0 Å². The second-order valence-electron chi connectivity index (χ2n) is 3.55. The van der Waals surface area contributed by atoms with Gasteiger partial charge in [0.05, 0.1) is 13.0 Å². The normalized spacial score (nSPS) is 10.4.